The van der Waals surface area contributed by atoms with Gasteiger partial charge in [0.1, 0.15) is 0 Å². The second kappa shape index (κ2) is 10.2. The predicted molar refractivity (Wildman–Crippen MR) is 114 cm³/mol. The van der Waals surface area contributed by atoms with Crippen molar-refractivity contribution in [1.29, 1.82) is 0 Å². The summed E-state index contributed by atoms with van der Waals surface area (Å²) < 4.78 is 1.76. The van der Waals surface area contributed by atoms with Gasteiger partial charge in [-0.05, 0) is 0 Å². The van der Waals surface area contributed by atoms with Gasteiger partial charge in [0.05, 0.1) is 0 Å². The first kappa shape index (κ1) is 23.2. The van der Waals surface area contributed by atoms with E-state index in [-0.39, 0.29) is 24.8 Å². The van der Waals surface area contributed by atoms with Crippen molar-refractivity contribution in [3.05, 3.63) is 95.1 Å². The van der Waals surface area contributed by atoms with Crippen LogP contribution in [0.3, 0.4) is 0 Å². The average molecular weight is 606 g/mol. The van der Waals surface area contributed by atoms with Crippen LogP contribution in [-0.2, 0) is 22.9 Å². The number of hydrogen-bond donors (Lipinski definition) is 0. The number of benzene rings is 2. The number of fused-ring (bicyclic) bond motifs is 2. The SMILES string of the molecule is CC1=C(Pc2ccccc2)c2ccccc2[CH]1[Hf+2][CH]1CCC2CC=CC=C21.[Cl-].[Cl-]. The molecule has 4 unspecified atom stereocenters. The number of hydrogen-bond acceptors (Lipinski definition) is 0. The Morgan fingerprint density at radius 3 is 2.52 bits per heavy atom. The molecule has 0 N–H and O–H groups in total. The molecule has 0 radical (unpaired) electrons. The molecule has 5 rings (SSSR count). The van der Waals surface area contributed by atoms with Crippen LogP contribution in [0.4, 0.5) is 0 Å². The van der Waals surface area contributed by atoms with Gasteiger partial charge in [-0.25, -0.2) is 0 Å². The van der Waals surface area contributed by atoms with Gasteiger partial charge in [0.25, 0.3) is 0 Å². The van der Waals surface area contributed by atoms with Crippen LogP contribution < -0.4 is 30.1 Å². The fourth-order valence-electron chi connectivity index (χ4n) is 4.91. The van der Waals surface area contributed by atoms with Gasteiger partial charge in [0.15, 0.2) is 0 Å². The Morgan fingerprint density at radius 2 is 1.69 bits per heavy atom. The van der Waals surface area contributed by atoms with Gasteiger partial charge >= 0.3 is 177 Å². The van der Waals surface area contributed by atoms with Crippen molar-refractivity contribution in [3.8, 4) is 0 Å². The largest absolute Gasteiger partial charge is 1.00 e. The maximum atomic E-state index is 2.48. The third kappa shape index (κ3) is 4.59. The molecular formula is C25H25Cl2HfP. The van der Waals surface area contributed by atoms with Crippen LogP contribution in [0, 0.1) is 5.92 Å². The molecule has 0 heterocycles. The molecule has 4 atom stereocenters. The van der Waals surface area contributed by atoms with E-state index in [9.17, 15) is 0 Å². The topological polar surface area (TPSA) is 0 Å². The van der Waals surface area contributed by atoms with Crippen molar-refractivity contribution >= 4 is 19.2 Å². The van der Waals surface area contributed by atoms with E-state index in [1.807, 2.05) is 5.57 Å². The molecule has 3 aliphatic rings. The zero-order chi connectivity index (χ0) is 18.2. The molecule has 0 aromatic heterocycles. The van der Waals surface area contributed by atoms with Crippen LogP contribution in [0.2, 0.25) is 3.67 Å². The maximum Gasteiger partial charge on any atom is -1.00 e. The minimum absolute atomic E-state index is 0. The first-order valence-electron chi connectivity index (χ1n) is 10.1. The fourth-order valence-corrected chi connectivity index (χ4v) is 14.3. The predicted octanol–water partition coefficient (Wildman–Crippen LogP) is 0.652. The summed E-state index contributed by atoms with van der Waals surface area (Å²) in [4.78, 5) is 0. The zero-order valence-corrected chi connectivity index (χ0v) is 22.6. The van der Waals surface area contributed by atoms with Crippen molar-refractivity contribution in [2.45, 2.75) is 33.5 Å². The fraction of sp³-hybridized carbons (Fsp3) is 0.280. The van der Waals surface area contributed by atoms with Crippen LogP contribution >= 0.6 is 8.58 Å². The van der Waals surface area contributed by atoms with E-state index in [0.29, 0.717) is 0 Å². The van der Waals surface area contributed by atoms with Gasteiger partial charge in [-0.2, -0.15) is 0 Å². The van der Waals surface area contributed by atoms with E-state index < -0.39 is 22.9 Å². The van der Waals surface area contributed by atoms with E-state index in [0.717, 1.165) is 21.8 Å². The molecule has 0 spiro atoms. The quantitative estimate of drug-likeness (QED) is 0.355. The van der Waals surface area contributed by atoms with E-state index in [1.165, 1.54) is 24.6 Å². The maximum absolute atomic E-state index is 2.48. The Morgan fingerprint density at radius 1 is 0.931 bits per heavy atom. The van der Waals surface area contributed by atoms with Crippen molar-refractivity contribution in [1.82, 2.24) is 0 Å². The first-order valence-corrected chi connectivity index (χ1v) is 15.2. The molecule has 29 heavy (non-hydrogen) atoms. The monoisotopic (exact) mass is 606 g/mol. The van der Waals surface area contributed by atoms with E-state index in [1.54, 1.807) is 22.0 Å². The second-order valence-corrected chi connectivity index (χ2v) is 15.0. The molecule has 0 nitrogen and oxygen atoms in total. The molecule has 4 heteroatoms. The summed E-state index contributed by atoms with van der Waals surface area (Å²) in [5.74, 6) is 0.874. The summed E-state index contributed by atoms with van der Waals surface area (Å²) in [6.45, 7) is 2.45. The average Bonchev–Trinajstić information content (AvgIpc) is 3.24. The van der Waals surface area contributed by atoms with Gasteiger partial charge in [0, 0.05) is 0 Å². The van der Waals surface area contributed by atoms with Crippen LogP contribution in [0.1, 0.15) is 41.0 Å². The van der Waals surface area contributed by atoms with E-state index in [2.05, 4.69) is 79.7 Å². The summed E-state index contributed by atoms with van der Waals surface area (Å²) in [6.07, 6.45) is 11.4. The Bertz CT molecular complexity index is 948. The summed E-state index contributed by atoms with van der Waals surface area (Å²) in [6, 6.07) is 20.4. The van der Waals surface area contributed by atoms with Gasteiger partial charge < -0.3 is 24.8 Å². The molecule has 0 bridgehead atoms. The van der Waals surface area contributed by atoms with Crippen LogP contribution in [-0.4, -0.2) is 0 Å². The standard InChI is InChI=1S/C16H14P.C9H11.2ClH.Hf/c1-12-11-13-7-5-6-10-15(13)16(12)17-14-8-3-2-4-9-14;1-2-5-9-7-3-6-8(9)4-1;;;/h2-11,17H,1H3;1-2,4,6,9H,3,5,7H2;2*1H;/q;;;;+2/p-2. The van der Waals surface area contributed by atoms with Crippen LogP contribution in [0.5, 0.6) is 0 Å². The summed E-state index contributed by atoms with van der Waals surface area (Å²) in [5.41, 5.74) is 6.75. The third-order valence-corrected chi connectivity index (χ3v) is 15.4. The second-order valence-electron chi connectivity index (χ2n) is 7.89. The number of rotatable bonds is 4. The smallest absolute Gasteiger partial charge is 1.00 e. The van der Waals surface area contributed by atoms with Crippen molar-refractivity contribution in [2.24, 2.45) is 5.92 Å². The van der Waals surface area contributed by atoms with Crippen molar-refractivity contribution < 1.29 is 47.7 Å². The number of halogens is 2. The van der Waals surface area contributed by atoms with Gasteiger partial charge in [-0.15, -0.1) is 0 Å². The van der Waals surface area contributed by atoms with Crippen LogP contribution in [0.15, 0.2) is 84.0 Å². The third-order valence-electron chi connectivity index (χ3n) is 6.30. The summed E-state index contributed by atoms with van der Waals surface area (Å²) >= 11 is -0.845. The Hall–Kier alpha value is -0.460. The normalized spacial score (nSPS) is 24.4. The first-order chi connectivity index (χ1) is 13.3. The molecule has 148 valence electrons. The summed E-state index contributed by atoms with van der Waals surface area (Å²) in [5, 5.41) is 3.11. The van der Waals surface area contributed by atoms with E-state index in [4.69, 9.17) is 0 Å². The van der Waals surface area contributed by atoms with Gasteiger partial charge in [0.2, 0.25) is 0 Å². The number of allylic oxidation sites excluding steroid dienone is 5. The molecule has 2 aromatic rings. The Balaban J connectivity index is 0.00000120. The van der Waals surface area contributed by atoms with Gasteiger partial charge in [-0.3, -0.25) is 0 Å². The molecule has 1 fully saturated rings. The van der Waals surface area contributed by atoms with Crippen LogP contribution in [0.25, 0.3) is 5.31 Å². The molecule has 3 aliphatic carbocycles. The molecule has 2 aromatic carbocycles. The molecule has 0 aliphatic heterocycles. The van der Waals surface area contributed by atoms with Gasteiger partial charge in [-0.1, -0.05) is 0 Å². The van der Waals surface area contributed by atoms with Crippen molar-refractivity contribution in [3.63, 3.8) is 0 Å². The molecule has 0 amide bonds. The Labute approximate surface area is 200 Å². The molecular weight excluding hydrogens is 581 g/mol. The minimum atomic E-state index is -0.845. The van der Waals surface area contributed by atoms with Crippen molar-refractivity contribution in [2.75, 3.05) is 0 Å². The van der Waals surface area contributed by atoms with E-state index >= 15 is 0 Å². The molecule has 0 saturated heterocycles. The Kier molecular flexibility index (Phi) is 8.19. The zero-order valence-electron chi connectivity index (χ0n) is 16.5. The summed E-state index contributed by atoms with van der Waals surface area (Å²) in [7, 11) is 0.790. The molecule has 1 saturated carbocycles. The minimum Gasteiger partial charge on any atom is -1.00 e.